The van der Waals surface area contributed by atoms with Crippen molar-refractivity contribution in [2.24, 2.45) is 0 Å². The van der Waals surface area contributed by atoms with Crippen LogP contribution >= 0.6 is 0 Å². The van der Waals surface area contributed by atoms with E-state index in [4.69, 9.17) is 14.6 Å². The first kappa shape index (κ1) is 12.9. The Labute approximate surface area is 89.6 Å². The Morgan fingerprint density at radius 3 is 2.40 bits per heavy atom. The van der Waals surface area contributed by atoms with Crippen LogP contribution in [0.5, 0.6) is 0 Å². The molecule has 0 bridgehead atoms. The average Bonchev–Trinajstić information content (AvgIpc) is 2.52. The highest BCUT2D eigenvalue weighted by Crippen LogP contribution is 2.21. The lowest BCUT2D eigenvalue weighted by Gasteiger charge is -2.14. The summed E-state index contributed by atoms with van der Waals surface area (Å²) in [6.45, 7) is 2.66. The second kappa shape index (κ2) is 6.40. The molecule has 0 amide bonds. The monoisotopic (exact) mass is 220 g/mol. The SMILES string of the molecule is CCCCOC[C@H]1O[C@H](CO)[C@@H](O)[C@@H]1O. The van der Waals surface area contributed by atoms with Gasteiger partial charge in [-0.1, -0.05) is 13.3 Å². The molecule has 0 saturated carbocycles. The van der Waals surface area contributed by atoms with Gasteiger partial charge in [0.25, 0.3) is 0 Å². The summed E-state index contributed by atoms with van der Waals surface area (Å²) in [6.07, 6.45) is -1.20. The number of unbranched alkanes of at least 4 members (excludes halogenated alkanes) is 1. The van der Waals surface area contributed by atoms with Crippen LogP contribution in [0.25, 0.3) is 0 Å². The predicted molar refractivity (Wildman–Crippen MR) is 53.5 cm³/mol. The topological polar surface area (TPSA) is 79.2 Å². The molecule has 4 atom stereocenters. The Hall–Kier alpha value is -0.200. The number of hydrogen-bond donors (Lipinski definition) is 3. The van der Waals surface area contributed by atoms with Gasteiger partial charge in [0.05, 0.1) is 13.2 Å². The molecule has 1 heterocycles. The molecule has 1 aliphatic heterocycles. The van der Waals surface area contributed by atoms with Crippen molar-refractivity contribution in [3.63, 3.8) is 0 Å². The van der Waals surface area contributed by atoms with Crippen LogP contribution < -0.4 is 0 Å². The molecular weight excluding hydrogens is 200 g/mol. The maximum atomic E-state index is 9.55. The van der Waals surface area contributed by atoms with E-state index in [1.807, 2.05) is 0 Å². The first-order valence-electron chi connectivity index (χ1n) is 5.40. The van der Waals surface area contributed by atoms with E-state index in [0.717, 1.165) is 12.8 Å². The molecule has 1 aliphatic rings. The molecule has 15 heavy (non-hydrogen) atoms. The zero-order valence-corrected chi connectivity index (χ0v) is 9.00. The van der Waals surface area contributed by atoms with Crippen LogP contribution in [0.2, 0.25) is 0 Å². The number of aliphatic hydroxyl groups is 3. The molecule has 0 aliphatic carbocycles. The summed E-state index contributed by atoms with van der Waals surface area (Å²) >= 11 is 0. The maximum absolute atomic E-state index is 9.55. The quantitative estimate of drug-likeness (QED) is 0.515. The lowest BCUT2D eigenvalue weighted by molar-refractivity contribution is -0.0560. The van der Waals surface area contributed by atoms with Crippen LogP contribution in [-0.2, 0) is 9.47 Å². The van der Waals surface area contributed by atoms with Crippen molar-refractivity contribution in [3.05, 3.63) is 0 Å². The molecule has 3 N–H and O–H groups in total. The van der Waals surface area contributed by atoms with E-state index in [9.17, 15) is 10.2 Å². The largest absolute Gasteiger partial charge is 0.394 e. The molecule has 5 heteroatoms. The first-order valence-corrected chi connectivity index (χ1v) is 5.40. The van der Waals surface area contributed by atoms with Gasteiger partial charge >= 0.3 is 0 Å². The Morgan fingerprint density at radius 1 is 1.20 bits per heavy atom. The van der Waals surface area contributed by atoms with Crippen molar-refractivity contribution in [1.82, 2.24) is 0 Å². The lowest BCUT2D eigenvalue weighted by atomic mass is 10.1. The van der Waals surface area contributed by atoms with E-state index >= 15 is 0 Å². The third-order valence-electron chi connectivity index (χ3n) is 2.57. The second-order valence-corrected chi connectivity index (χ2v) is 3.81. The van der Waals surface area contributed by atoms with Gasteiger partial charge in [-0.15, -0.1) is 0 Å². The fourth-order valence-electron chi connectivity index (χ4n) is 1.56. The highest BCUT2D eigenvalue weighted by molar-refractivity contribution is 4.90. The number of hydrogen-bond acceptors (Lipinski definition) is 5. The Balaban J connectivity index is 2.25. The van der Waals surface area contributed by atoms with Gasteiger partial charge in [-0.2, -0.15) is 0 Å². The fourth-order valence-corrected chi connectivity index (χ4v) is 1.56. The molecule has 0 aromatic rings. The second-order valence-electron chi connectivity index (χ2n) is 3.81. The standard InChI is InChI=1S/C10H20O5/c1-2-3-4-14-6-8-10(13)9(12)7(5-11)15-8/h7-13H,2-6H2,1H3/t7-,8-,9-,10-/m1/s1. The van der Waals surface area contributed by atoms with Crippen LogP contribution in [-0.4, -0.2) is 59.6 Å². The van der Waals surface area contributed by atoms with Gasteiger partial charge in [0.1, 0.15) is 24.4 Å². The zero-order valence-electron chi connectivity index (χ0n) is 9.00. The van der Waals surface area contributed by atoms with Crippen molar-refractivity contribution in [3.8, 4) is 0 Å². The number of ether oxygens (including phenoxy) is 2. The summed E-state index contributed by atoms with van der Waals surface area (Å²) < 4.78 is 10.5. The van der Waals surface area contributed by atoms with E-state index in [1.54, 1.807) is 0 Å². The summed E-state index contributed by atoms with van der Waals surface area (Å²) in [7, 11) is 0. The van der Waals surface area contributed by atoms with Crippen molar-refractivity contribution in [2.75, 3.05) is 19.8 Å². The van der Waals surface area contributed by atoms with Gasteiger partial charge in [0, 0.05) is 6.61 Å². The number of rotatable bonds is 6. The van der Waals surface area contributed by atoms with Gasteiger partial charge in [-0.25, -0.2) is 0 Å². The summed E-state index contributed by atoms with van der Waals surface area (Å²) in [5.74, 6) is 0. The smallest absolute Gasteiger partial charge is 0.111 e. The van der Waals surface area contributed by atoms with Crippen LogP contribution in [0.3, 0.4) is 0 Å². The van der Waals surface area contributed by atoms with E-state index in [1.165, 1.54) is 0 Å². The van der Waals surface area contributed by atoms with Gasteiger partial charge < -0.3 is 24.8 Å². The van der Waals surface area contributed by atoms with Crippen molar-refractivity contribution in [2.45, 2.75) is 44.2 Å². The Kier molecular flexibility index (Phi) is 5.49. The highest BCUT2D eigenvalue weighted by atomic mass is 16.6. The minimum Gasteiger partial charge on any atom is -0.394 e. The third kappa shape index (κ3) is 3.39. The number of aliphatic hydroxyl groups excluding tert-OH is 3. The van der Waals surface area contributed by atoms with Crippen LogP contribution in [0.4, 0.5) is 0 Å². The summed E-state index contributed by atoms with van der Waals surface area (Å²) in [5, 5.41) is 27.8. The minimum absolute atomic E-state index is 0.259. The molecule has 0 aromatic heterocycles. The van der Waals surface area contributed by atoms with E-state index in [-0.39, 0.29) is 13.2 Å². The highest BCUT2D eigenvalue weighted by Gasteiger charge is 2.42. The van der Waals surface area contributed by atoms with Gasteiger partial charge in [-0.05, 0) is 6.42 Å². The Morgan fingerprint density at radius 2 is 1.87 bits per heavy atom. The lowest BCUT2D eigenvalue weighted by Crippen LogP contribution is -2.35. The third-order valence-corrected chi connectivity index (χ3v) is 2.57. The van der Waals surface area contributed by atoms with Gasteiger partial charge in [0.15, 0.2) is 0 Å². The molecule has 0 radical (unpaired) electrons. The molecule has 5 nitrogen and oxygen atoms in total. The normalized spacial score (nSPS) is 36.0. The predicted octanol–water partition coefficient (Wildman–Crippen LogP) is -0.715. The van der Waals surface area contributed by atoms with Crippen molar-refractivity contribution < 1.29 is 24.8 Å². The van der Waals surface area contributed by atoms with Crippen molar-refractivity contribution >= 4 is 0 Å². The van der Waals surface area contributed by atoms with E-state index in [0.29, 0.717) is 6.61 Å². The van der Waals surface area contributed by atoms with E-state index in [2.05, 4.69) is 6.92 Å². The average molecular weight is 220 g/mol. The molecule has 1 rings (SSSR count). The van der Waals surface area contributed by atoms with Crippen molar-refractivity contribution in [1.29, 1.82) is 0 Å². The molecule has 90 valence electrons. The first-order chi connectivity index (χ1) is 7.20. The van der Waals surface area contributed by atoms with Gasteiger partial charge in [0.2, 0.25) is 0 Å². The fraction of sp³-hybridized carbons (Fsp3) is 1.00. The maximum Gasteiger partial charge on any atom is 0.111 e. The molecule has 1 saturated heterocycles. The van der Waals surface area contributed by atoms with Crippen LogP contribution in [0.15, 0.2) is 0 Å². The van der Waals surface area contributed by atoms with Crippen LogP contribution in [0, 0.1) is 0 Å². The summed E-state index contributed by atoms with van der Waals surface area (Å²) in [4.78, 5) is 0. The Bertz CT molecular complexity index is 175. The van der Waals surface area contributed by atoms with Gasteiger partial charge in [-0.3, -0.25) is 0 Å². The molecular formula is C10H20O5. The molecule has 0 unspecified atom stereocenters. The van der Waals surface area contributed by atoms with Crippen LogP contribution in [0.1, 0.15) is 19.8 Å². The van der Waals surface area contributed by atoms with E-state index < -0.39 is 24.4 Å². The molecule has 0 aromatic carbocycles. The molecule has 0 spiro atoms. The molecule has 1 fully saturated rings. The minimum atomic E-state index is -1.02. The summed E-state index contributed by atoms with van der Waals surface area (Å²) in [5.41, 5.74) is 0. The summed E-state index contributed by atoms with van der Waals surface area (Å²) in [6, 6.07) is 0. The zero-order chi connectivity index (χ0) is 11.3.